The SMILES string of the molecule is CCSSC[C@@H](CC(=O)[C@H](CC(=O)O)NC(=O)[C@@H](N)CNC(=O)[C@@H](CC(=O)[C@H](Cc1ccccc1)NC(=O)CCNC(=O)CC[C@H](NC(=S)N[C@@H](CCC(=O)O)OC=O)C(=O)O)Cc1ccccc1)C(=O)O. The molecule has 12 N–H and O–H groups in total. The maximum absolute atomic E-state index is 14.1. The normalized spacial score (nSPS) is 13.7. The first-order chi connectivity index (χ1) is 34.2. The number of nitrogens with one attached hydrogen (secondary N) is 6. The molecule has 2 aromatic carbocycles. The van der Waals surface area contributed by atoms with Crippen molar-refractivity contribution in [2.75, 3.05) is 24.6 Å². The lowest BCUT2D eigenvalue weighted by Crippen LogP contribution is -2.53. The van der Waals surface area contributed by atoms with E-state index in [0.717, 1.165) is 0 Å². The summed E-state index contributed by atoms with van der Waals surface area (Å²) in [7, 11) is 2.63. The van der Waals surface area contributed by atoms with Gasteiger partial charge >= 0.3 is 23.9 Å². The molecular weight excluding hydrogens is 1000 g/mol. The first-order valence-corrected chi connectivity index (χ1v) is 25.4. The van der Waals surface area contributed by atoms with Crippen molar-refractivity contribution in [3.8, 4) is 0 Å². The lowest BCUT2D eigenvalue weighted by molar-refractivity contribution is -0.144. The Morgan fingerprint density at radius 1 is 0.639 bits per heavy atom. The van der Waals surface area contributed by atoms with Crippen LogP contribution >= 0.6 is 33.8 Å². The summed E-state index contributed by atoms with van der Waals surface area (Å²) in [4.78, 5) is 137. The first-order valence-electron chi connectivity index (χ1n) is 22.5. The second-order valence-electron chi connectivity index (χ2n) is 16.1. The molecule has 0 bridgehead atoms. The Balaban J connectivity index is 2.12. The smallest absolute Gasteiger partial charge is 0.326 e. The molecule has 23 nitrogen and oxygen atoms in total. The van der Waals surface area contributed by atoms with Gasteiger partial charge in [-0.05, 0) is 42.6 Å². The van der Waals surface area contributed by atoms with Crippen LogP contribution in [0.5, 0.6) is 0 Å². The van der Waals surface area contributed by atoms with Crippen molar-refractivity contribution in [2.24, 2.45) is 17.6 Å². The average Bonchev–Trinajstić information content (AvgIpc) is 3.32. The fraction of sp³-hybridized carbons (Fsp3) is 0.478. The van der Waals surface area contributed by atoms with Crippen LogP contribution in [-0.2, 0) is 70.3 Å². The lowest BCUT2D eigenvalue weighted by Gasteiger charge is -2.23. The zero-order chi connectivity index (χ0) is 53.6. The molecule has 0 saturated heterocycles. The van der Waals surface area contributed by atoms with Crippen LogP contribution < -0.4 is 37.6 Å². The molecule has 394 valence electrons. The van der Waals surface area contributed by atoms with Gasteiger partial charge < -0.3 is 62.8 Å². The number of nitrogens with two attached hydrogens (primary N) is 1. The van der Waals surface area contributed by atoms with Gasteiger partial charge in [0, 0.05) is 62.6 Å². The van der Waals surface area contributed by atoms with E-state index in [2.05, 4.69) is 31.9 Å². The highest BCUT2D eigenvalue weighted by Crippen LogP contribution is 2.25. The number of aliphatic carboxylic acids is 4. The number of carbonyl (C=O) groups is 11. The van der Waals surface area contributed by atoms with E-state index in [9.17, 15) is 68.1 Å². The molecule has 0 aliphatic carbocycles. The van der Waals surface area contributed by atoms with Crippen molar-refractivity contribution in [3.63, 3.8) is 0 Å². The van der Waals surface area contributed by atoms with Crippen LogP contribution in [0.3, 0.4) is 0 Å². The lowest BCUT2D eigenvalue weighted by atomic mass is 9.89. The summed E-state index contributed by atoms with van der Waals surface area (Å²) in [6.07, 6.45) is -4.41. The largest absolute Gasteiger partial charge is 0.481 e. The number of hydrogen-bond donors (Lipinski definition) is 11. The van der Waals surface area contributed by atoms with E-state index in [1.54, 1.807) is 60.7 Å². The molecule has 7 atom stereocenters. The third-order valence-corrected chi connectivity index (χ3v) is 13.2. The molecule has 26 heteroatoms. The van der Waals surface area contributed by atoms with Crippen LogP contribution in [-0.4, -0.2) is 146 Å². The van der Waals surface area contributed by atoms with E-state index in [0.29, 0.717) is 16.9 Å². The van der Waals surface area contributed by atoms with E-state index in [-0.39, 0.29) is 68.8 Å². The van der Waals surface area contributed by atoms with E-state index in [1.165, 1.54) is 21.6 Å². The van der Waals surface area contributed by atoms with Crippen molar-refractivity contribution in [2.45, 2.75) is 102 Å². The fourth-order valence-corrected chi connectivity index (χ4v) is 8.89. The maximum atomic E-state index is 14.1. The van der Waals surface area contributed by atoms with E-state index in [4.69, 9.17) is 27.8 Å². The van der Waals surface area contributed by atoms with Crippen LogP contribution in [0.4, 0.5) is 0 Å². The minimum absolute atomic E-state index is 0.0182. The Bertz CT molecular complexity index is 2180. The molecule has 0 aromatic heterocycles. The summed E-state index contributed by atoms with van der Waals surface area (Å²) >= 11 is 5.07. The first kappa shape index (κ1) is 61.5. The van der Waals surface area contributed by atoms with Crippen molar-refractivity contribution in [3.05, 3.63) is 71.8 Å². The molecule has 72 heavy (non-hydrogen) atoms. The summed E-state index contributed by atoms with van der Waals surface area (Å²) in [5, 5.41) is 52.4. The van der Waals surface area contributed by atoms with Crippen molar-refractivity contribution in [1.82, 2.24) is 31.9 Å². The molecule has 4 amide bonds. The Hall–Kier alpha value is -6.64. The zero-order valence-corrected chi connectivity index (χ0v) is 41.7. The van der Waals surface area contributed by atoms with E-state index >= 15 is 0 Å². The van der Waals surface area contributed by atoms with E-state index < -0.39 is 127 Å². The Kier molecular flexibility index (Phi) is 28.9. The van der Waals surface area contributed by atoms with Gasteiger partial charge in [0.05, 0.1) is 30.8 Å². The van der Waals surface area contributed by atoms with Crippen LogP contribution in [0.25, 0.3) is 0 Å². The number of hydrogen-bond acceptors (Lipinski definition) is 16. The molecule has 0 spiro atoms. The average molecular weight is 1060 g/mol. The number of ketones is 2. The highest BCUT2D eigenvalue weighted by Gasteiger charge is 2.32. The predicted molar refractivity (Wildman–Crippen MR) is 267 cm³/mol. The van der Waals surface area contributed by atoms with Crippen LogP contribution in [0.1, 0.15) is 69.4 Å². The van der Waals surface area contributed by atoms with Gasteiger partial charge in [-0.25, -0.2) is 4.79 Å². The van der Waals surface area contributed by atoms with E-state index in [1.807, 2.05) is 6.92 Å². The number of benzene rings is 2. The highest BCUT2D eigenvalue weighted by atomic mass is 33.1. The Morgan fingerprint density at radius 3 is 1.82 bits per heavy atom. The number of thiocarbonyl (C=S) groups is 1. The molecule has 0 aliphatic heterocycles. The Labute approximate surface area is 428 Å². The van der Waals surface area contributed by atoms with Crippen LogP contribution in [0.15, 0.2) is 60.7 Å². The number of carbonyl (C=O) groups excluding carboxylic acids is 7. The fourth-order valence-electron chi connectivity index (χ4n) is 6.64. The molecule has 0 saturated carbocycles. The van der Waals surface area contributed by atoms with Crippen LogP contribution in [0, 0.1) is 11.8 Å². The number of ether oxygens (including phenoxy) is 1. The molecule has 0 radical (unpaired) electrons. The number of Topliss-reactive ketones (excluding diaryl/α,β-unsaturated/α-hetero) is 2. The zero-order valence-electron chi connectivity index (χ0n) is 39.3. The molecule has 0 fully saturated rings. The van der Waals surface area contributed by atoms with Gasteiger partial charge in [-0.3, -0.25) is 47.9 Å². The molecule has 2 rings (SSSR count). The standard InChI is InChI=1S/C46H61N7O16S3/c1-2-71-72-25-30(44(65)66)22-36(56)34(23-41(61)62)51-43(64)31(47)24-49-42(63)29(19-27-9-5-3-6-10-27)21-35(55)33(20-28-11-7-4-8-12-28)50-38(58)17-18-48-37(57)14-13-32(45(67)68)52-46(70)53-39(69-26-54)15-16-40(59)60/h3-12,26,29-34,39H,2,13-25,47H2,1H3,(H,48,57)(H,49,63)(H,50,58)(H,51,64)(H,59,60)(H,61,62)(H,65,66)(H,67,68)(H2,52,53,70)/t29-,30-,31+,32+,33+,34+,39-/m1/s1. The topological polar surface area (TPSA) is 376 Å². The summed E-state index contributed by atoms with van der Waals surface area (Å²) in [6.45, 7) is 1.21. The second kappa shape index (κ2) is 33.9. The number of rotatable bonds is 37. The summed E-state index contributed by atoms with van der Waals surface area (Å²) in [6, 6.07) is 11.7. The van der Waals surface area contributed by atoms with Gasteiger partial charge in [0.25, 0.3) is 6.47 Å². The number of carboxylic acids is 4. The Morgan fingerprint density at radius 2 is 1.25 bits per heavy atom. The third kappa shape index (κ3) is 25.5. The highest BCUT2D eigenvalue weighted by molar-refractivity contribution is 8.76. The maximum Gasteiger partial charge on any atom is 0.326 e. The van der Waals surface area contributed by atoms with Crippen LogP contribution in [0.2, 0.25) is 0 Å². The van der Waals surface area contributed by atoms with Gasteiger partial charge in [-0.2, -0.15) is 0 Å². The summed E-state index contributed by atoms with van der Waals surface area (Å²) < 4.78 is 4.74. The predicted octanol–water partition coefficient (Wildman–Crippen LogP) is 0.564. The minimum atomic E-state index is -1.61. The summed E-state index contributed by atoms with van der Waals surface area (Å²) in [5.41, 5.74) is 7.43. The number of amides is 4. The molecule has 2 aromatic rings. The van der Waals surface area contributed by atoms with Crippen molar-refractivity contribution < 1.29 is 77.9 Å². The number of carboxylic acid groups (broad SMARTS) is 4. The second-order valence-corrected chi connectivity index (χ2v) is 19.3. The molecule has 0 unspecified atom stereocenters. The van der Waals surface area contributed by atoms with Crippen molar-refractivity contribution in [1.29, 1.82) is 0 Å². The van der Waals surface area contributed by atoms with Gasteiger partial charge in [-0.15, -0.1) is 0 Å². The summed E-state index contributed by atoms with van der Waals surface area (Å²) in [5.74, 6) is -11.1. The van der Waals surface area contributed by atoms with Crippen molar-refractivity contribution >= 4 is 104 Å². The molecular formula is C46H61N7O16S3. The van der Waals surface area contributed by atoms with Gasteiger partial charge in [0.15, 0.2) is 22.9 Å². The minimum Gasteiger partial charge on any atom is -0.481 e. The molecule has 0 heterocycles. The van der Waals surface area contributed by atoms with Gasteiger partial charge in [-0.1, -0.05) is 89.2 Å². The van der Waals surface area contributed by atoms with Gasteiger partial charge in [0.2, 0.25) is 23.6 Å². The monoisotopic (exact) mass is 1060 g/mol. The third-order valence-electron chi connectivity index (χ3n) is 10.4. The van der Waals surface area contributed by atoms with Gasteiger partial charge in [0.1, 0.15) is 12.1 Å². The quantitative estimate of drug-likeness (QED) is 0.0145. The molecule has 0 aliphatic rings.